The fourth-order valence-electron chi connectivity index (χ4n) is 9.22. The summed E-state index contributed by atoms with van der Waals surface area (Å²) in [7, 11) is 3.74. The summed E-state index contributed by atoms with van der Waals surface area (Å²) in [4.78, 5) is 25.3. The number of aryl methyl sites for hydroxylation is 1. The van der Waals surface area contributed by atoms with Gasteiger partial charge in [-0.3, -0.25) is 0 Å². The Kier molecular flexibility index (Phi) is 9.74. The van der Waals surface area contributed by atoms with Crippen LogP contribution >= 0.6 is 11.6 Å². The molecule has 2 unspecified atom stereocenters. The first-order valence-electron chi connectivity index (χ1n) is 19.2. The molecular weight excluding hydrogens is 736 g/mol. The normalized spacial score (nSPS) is 21.4. The van der Waals surface area contributed by atoms with Crippen molar-refractivity contribution in [3.63, 3.8) is 0 Å². The predicted octanol–water partition coefficient (Wildman–Crippen LogP) is 8.22. The van der Waals surface area contributed by atoms with Crippen molar-refractivity contribution in [2.75, 3.05) is 65.6 Å². The van der Waals surface area contributed by atoms with E-state index in [0.717, 1.165) is 84.2 Å². The van der Waals surface area contributed by atoms with Crippen LogP contribution in [0.1, 0.15) is 63.4 Å². The van der Waals surface area contributed by atoms with Crippen LogP contribution in [-0.4, -0.2) is 70.4 Å². The lowest BCUT2D eigenvalue weighted by Crippen LogP contribution is -2.43. The van der Waals surface area contributed by atoms with E-state index in [1.54, 1.807) is 12.1 Å². The van der Waals surface area contributed by atoms with E-state index in [4.69, 9.17) is 26.0 Å². The van der Waals surface area contributed by atoms with Gasteiger partial charge in [0.2, 0.25) is 11.2 Å². The molecule has 2 aromatic carbocycles. The highest BCUT2D eigenvalue weighted by Gasteiger charge is 2.45. The Morgan fingerprint density at radius 2 is 1.23 bits per heavy atom. The van der Waals surface area contributed by atoms with Crippen LogP contribution in [0.5, 0.6) is 0 Å². The van der Waals surface area contributed by atoms with E-state index in [1.165, 1.54) is 37.1 Å². The van der Waals surface area contributed by atoms with Crippen molar-refractivity contribution in [2.24, 2.45) is 17.8 Å². The standard InChI is InChI=1S/C26H32FN7O.C15H16ClFN4/c1-15-31-32-25(35-15)33-12-16-5-6-17(13-33)20(16)11-21-29-23(28-4)22-24(30-21)34(14-26(22,2)3)19-9-7-18(27)8-10-19;1-15(2)8-21(10-6-4-9(17)5-7-10)13-11(15)12(18-3)19-14(16)20-13/h7-10,16-17,20H,5-6,11-14H2,1-4H3,(H,28,29,30);4-7H,8H2,1-3H3,(H,18,19,20). The van der Waals surface area contributed by atoms with E-state index in [9.17, 15) is 8.78 Å². The van der Waals surface area contributed by atoms with Crippen LogP contribution in [0.2, 0.25) is 5.28 Å². The number of aromatic nitrogens is 6. The molecule has 0 amide bonds. The minimum atomic E-state index is -0.255. The fraction of sp³-hybridized carbons (Fsp3) is 0.463. The van der Waals surface area contributed by atoms with E-state index in [-0.39, 0.29) is 27.7 Å². The highest BCUT2D eigenvalue weighted by atomic mass is 35.5. The summed E-state index contributed by atoms with van der Waals surface area (Å²) in [5.41, 5.74) is 3.73. The average Bonchev–Trinajstić information content (AvgIpc) is 3.86. The second kappa shape index (κ2) is 14.4. The second-order valence-electron chi connectivity index (χ2n) is 16.6. The Morgan fingerprint density at radius 3 is 1.71 bits per heavy atom. The first-order valence-corrected chi connectivity index (χ1v) is 19.6. The lowest BCUT2D eigenvalue weighted by molar-refractivity contribution is 0.258. The topological polar surface area (TPSA) is 124 Å². The van der Waals surface area contributed by atoms with Crippen molar-refractivity contribution in [3.8, 4) is 0 Å². The number of anilines is 7. The molecule has 2 N–H and O–H groups in total. The summed E-state index contributed by atoms with van der Waals surface area (Å²) in [6.07, 6.45) is 3.26. The van der Waals surface area contributed by atoms with E-state index in [1.807, 2.05) is 38.1 Å². The number of nitrogens with zero attached hydrogens (tertiary/aromatic N) is 9. The molecule has 9 rings (SSSR count). The molecule has 3 aromatic heterocycles. The van der Waals surface area contributed by atoms with Gasteiger partial charge in [0.05, 0.1) is 0 Å². The third-order valence-corrected chi connectivity index (χ3v) is 11.9. The molecule has 2 bridgehead atoms. The maximum absolute atomic E-state index is 13.6. The number of nitrogens with one attached hydrogen (secondary N) is 2. The molecule has 15 heteroatoms. The van der Waals surface area contributed by atoms with Crippen LogP contribution in [0.25, 0.3) is 0 Å². The van der Waals surface area contributed by atoms with Crippen LogP contribution in [0.15, 0.2) is 52.9 Å². The molecule has 2 atom stereocenters. The summed E-state index contributed by atoms with van der Waals surface area (Å²) in [6.45, 7) is 13.9. The second-order valence-corrected chi connectivity index (χ2v) is 16.9. The Bertz CT molecular complexity index is 2220. The van der Waals surface area contributed by atoms with Crippen molar-refractivity contribution in [2.45, 2.75) is 64.7 Å². The Labute approximate surface area is 331 Å². The molecule has 1 saturated heterocycles. The smallest absolute Gasteiger partial charge is 0.318 e. The number of fused-ring (bicyclic) bond motifs is 4. The van der Waals surface area contributed by atoms with Gasteiger partial charge in [0.1, 0.15) is 40.7 Å². The summed E-state index contributed by atoms with van der Waals surface area (Å²) in [6, 6.07) is 13.7. The monoisotopic (exact) mass is 783 g/mol. The van der Waals surface area contributed by atoms with Crippen LogP contribution < -0.4 is 25.3 Å². The van der Waals surface area contributed by atoms with Gasteiger partial charge in [0, 0.05) is 87.0 Å². The number of benzene rings is 2. The predicted molar refractivity (Wildman–Crippen MR) is 216 cm³/mol. The lowest BCUT2D eigenvalue weighted by atomic mass is 9.82. The van der Waals surface area contributed by atoms with Gasteiger partial charge >= 0.3 is 6.01 Å². The van der Waals surface area contributed by atoms with E-state index >= 15 is 0 Å². The molecule has 12 nitrogen and oxygen atoms in total. The summed E-state index contributed by atoms with van der Waals surface area (Å²) < 4.78 is 32.4. The van der Waals surface area contributed by atoms with Crippen molar-refractivity contribution in [3.05, 3.63) is 88.3 Å². The first kappa shape index (κ1) is 37.8. The zero-order valence-corrected chi connectivity index (χ0v) is 33.6. The minimum absolute atomic E-state index is 0.132. The molecule has 3 aliphatic heterocycles. The van der Waals surface area contributed by atoms with Gasteiger partial charge in [-0.1, -0.05) is 32.8 Å². The summed E-state index contributed by atoms with van der Waals surface area (Å²) in [5.74, 6) is 5.98. The number of piperidine rings is 1. The zero-order valence-electron chi connectivity index (χ0n) is 32.9. The highest BCUT2D eigenvalue weighted by Crippen LogP contribution is 2.49. The van der Waals surface area contributed by atoms with Gasteiger partial charge in [0.15, 0.2) is 0 Å². The molecule has 0 spiro atoms. The SMILES string of the molecule is CNc1nc(CC2C3CCC2CN(c2nnc(C)o2)C3)nc2c1C(C)(C)CN2c1ccc(F)cc1.CNc1nc(Cl)nc2c1C(C)(C)CN2c1ccc(F)cc1. The average molecular weight is 784 g/mol. The zero-order chi connectivity index (χ0) is 39.5. The largest absolute Gasteiger partial charge is 0.408 e. The van der Waals surface area contributed by atoms with E-state index in [0.29, 0.717) is 29.7 Å². The molecule has 1 saturated carbocycles. The molecule has 56 heavy (non-hydrogen) atoms. The number of rotatable bonds is 7. The summed E-state index contributed by atoms with van der Waals surface area (Å²) in [5, 5.41) is 14.9. The molecule has 5 aromatic rings. The van der Waals surface area contributed by atoms with Gasteiger partial charge in [0.25, 0.3) is 0 Å². The van der Waals surface area contributed by atoms with Crippen molar-refractivity contribution in [1.82, 2.24) is 30.1 Å². The third kappa shape index (κ3) is 6.96. The van der Waals surface area contributed by atoms with Crippen LogP contribution in [0.3, 0.4) is 0 Å². The van der Waals surface area contributed by atoms with Gasteiger partial charge in [-0.2, -0.15) is 4.98 Å². The molecule has 1 aliphatic carbocycles. The number of halogens is 3. The maximum atomic E-state index is 13.6. The Balaban J connectivity index is 0.000000179. The molecule has 4 aliphatic rings. The van der Waals surface area contributed by atoms with Crippen LogP contribution in [0.4, 0.5) is 49.4 Å². The van der Waals surface area contributed by atoms with Crippen molar-refractivity contribution < 1.29 is 13.2 Å². The first-order chi connectivity index (χ1) is 26.7. The quantitative estimate of drug-likeness (QED) is 0.155. The minimum Gasteiger partial charge on any atom is -0.408 e. The highest BCUT2D eigenvalue weighted by molar-refractivity contribution is 6.28. The molecule has 6 heterocycles. The molecular formula is C41H48ClF2N11O. The summed E-state index contributed by atoms with van der Waals surface area (Å²) >= 11 is 6.03. The number of hydrogen-bond donors (Lipinski definition) is 2. The third-order valence-electron chi connectivity index (χ3n) is 11.8. The Hall–Kier alpha value is -5.11. The van der Waals surface area contributed by atoms with Crippen LogP contribution in [-0.2, 0) is 17.3 Å². The van der Waals surface area contributed by atoms with Gasteiger partial charge in [-0.25, -0.2) is 23.7 Å². The molecule has 294 valence electrons. The van der Waals surface area contributed by atoms with Gasteiger partial charge in [-0.15, -0.1) is 5.10 Å². The lowest BCUT2D eigenvalue weighted by Gasteiger charge is -2.37. The maximum Gasteiger partial charge on any atom is 0.318 e. The molecule has 2 fully saturated rings. The van der Waals surface area contributed by atoms with Crippen molar-refractivity contribution in [1.29, 1.82) is 0 Å². The van der Waals surface area contributed by atoms with Crippen LogP contribution in [0, 0.1) is 36.3 Å². The molecule has 0 radical (unpaired) electrons. The van der Waals surface area contributed by atoms with E-state index in [2.05, 4.69) is 68.3 Å². The Morgan fingerprint density at radius 1 is 0.732 bits per heavy atom. The van der Waals surface area contributed by atoms with Gasteiger partial charge in [-0.05, 0) is 90.7 Å². The number of hydrogen-bond acceptors (Lipinski definition) is 12. The van der Waals surface area contributed by atoms with E-state index < -0.39 is 0 Å². The van der Waals surface area contributed by atoms with Gasteiger partial charge < -0.3 is 29.8 Å². The van der Waals surface area contributed by atoms with Crippen molar-refractivity contribution >= 4 is 52.3 Å². The fourth-order valence-corrected chi connectivity index (χ4v) is 9.39.